The second kappa shape index (κ2) is 8.34. The van der Waals surface area contributed by atoms with Crippen molar-refractivity contribution in [2.45, 2.75) is 24.4 Å². The quantitative estimate of drug-likeness (QED) is 0.497. The van der Waals surface area contributed by atoms with Crippen LogP contribution in [-0.4, -0.2) is 41.8 Å². The largest absolute Gasteiger partial charge is 0.497 e. The Balaban J connectivity index is 1.94. The molecule has 0 saturated carbocycles. The molecule has 10 heteroatoms. The number of carbonyl (C=O) groups excluding carboxylic acids is 2. The van der Waals surface area contributed by atoms with Crippen molar-refractivity contribution in [1.29, 1.82) is 0 Å². The average Bonchev–Trinajstić information content (AvgIpc) is 2.67. The molecule has 0 bridgehead atoms. The summed E-state index contributed by atoms with van der Waals surface area (Å²) >= 11 is 1.34. The number of hydrogen-bond acceptors (Lipinski definition) is 7. The predicted octanol–water partition coefficient (Wildman–Crippen LogP) is 1.96. The van der Waals surface area contributed by atoms with Crippen molar-refractivity contribution in [2.24, 2.45) is 0 Å². The van der Waals surface area contributed by atoms with Gasteiger partial charge < -0.3 is 25.1 Å². The molecule has 2 aromatic rings. The molecule has 2 amide bonds. The van der Waals surface area contributed by atoms with E-state index in [9.17, 15) is 14.4 Å². The first-order chi connectivity index (χ1) is 13.5. The lowest BCUT2D eigenvalue weighted by Crippen LogP contribution is -2.36. The van der Waals surface area contributed by atoms with E-state index in [-0.39, 0.29) is 23.7 Å². The monoisotopic (exact) mass is 404 g/mol. The smallest absolute Gasteiger partial charge is 0.257 e. The van der Waals surface area contributed by atoms with Crippen LogP contribution in [0.5, 0.6) is 11.5 Å². The van der Waals surface area contributed by atoms with Crippen LogP contribution >= 0.6 is 11.8 Å². The van der Waals surface area contributed by atoms with Crippen LogP contribution in [0.2, 0.25) is 0 Å². The number of nitrogens with one attached hydrogen (secondary N) is 3. The van der Waals surface area contributed by atoms with Gasteiger partial charge in [0.15, 0.2) is 5.16 Å². The lowest BCUT2D eigenvalue weighted by molar-refractivity contribution is -0.123. The number of fused-ring (bicyclic) bond motifs is 1. The molecule has 1 aliphatic heterocycles. The Morgan fingerprint density at radius 1 is 1.32 bits per heavy atom. The molecule has 1 aliphatic rings. The molecule has 0 saturated heterocycles. The molecule has 1 atom stereocenters. The minimum absolute atomic E-state index is 0.123. The van der Waals surface area contributed by atoms with Gasteiger partial charge in [0.1, 0.15) is 17.3 Å². The van der Waals surface area contributed by atoms with Gasteiger partial charge in [0.05, 0.1) is 31.4 Å². The zero-order chi connectivity index (χ0) is 20.3. The second-order valence-electron chi connectivity index (χ2n) is 5.93. The van der Waals surface area contributed by atoms with E-state index in [2.05, 4.69) is 20.6 Å². The van der Waals surface area contributed by atoms with E-state index >= 15 is 0 Å². The van der Waals surface area contributed by atoms with Crippen molar-refractivity contribution in [3.05, 3.63) is 34.1 Å². The van der Waals surface area contributed by atoms with E-state index in [1.54, 1.807) is 18.2 Å². The molecule has 28 heavy (non-hydrogen) atoms. The third-order valence-electron chi connectivity index (χ3n) is 4.19. The van der Waals surface area contributed by atoms with Gasteiger partial charge in [-0.15, -0.1) is 0 Å². The van der Waals surface area contributed by atoms with Gasteiger partial charge in [0.2, 0.25) is 11.8 Å². The van der Waals surface area contributed by atoms with Crippen LogP contribution < -0.4 is 25.7 Å². The van der Waals surface area contributed by atoms with Gasteiger partial charge >= 0.3 is 0 Å². The number of nitrogens with zero attached hydrogens (tertiary/aromatic N) is 1. The molecule has 3 N–H and O–H groups in total. The standard InChI is InChI=1S/C18H20N4O5S/c1-4-28-18-21-15-14(17(25)22-18)10(8-13(23)20-15)16(24)19-11-6-5-9(26-2)7-12(11)27-3/h5-7,10H,4,8H2,1-3H3,(H,19,24)(H2,20,21,22,23,25). The summed E-state index contributed by atoms with van der Waals surface area (Å²) in [6, 6.07) is 4.92. The highest BCUT2D eigenvalue weighted by molar-refractivity contribution is 7.99. The number of H-pyrrole nitrogens is 1. The third-order valence-corrected chi connectivity index (χ3v) is 4.95. The number of ether oxygens (including phenoxy) is 2. The maximum Gasteiger partial charge on any atom is 0.257 e. The van der Waals surface area contributed by atoms with Gasteiger partial charge in [-0.05, 0) is 17.9 Å². The Morgan fingerprint density at radius 2 is 2.11 bits per heavy atom. The average molecular weight is 404 g/mol. The Hall–Kier alpha value is -3.01. The van der Waals surface area contributed by atoms with Crippen molar-refractivity contribution < 1.29 is 19.1 Å². The first-order valence-electron chi connectivity index (χ1n) is 8.56. The summed E-state index contributed by atoms with van der Waals surface area (Å²) in [6.07, 6.45) is -0.150. The molecular formula is C18H20N4O5S. The molecular weight excluding hydrogens is 384 g/mol. The molecule has 1 aromatic carbocycles. The number of benzene rings is 1. The first kappa shape index (κ1) is 19.7. The van der Waals surface area contributed by atoms with Gasteiger partial charge in [0.25, 0.3) is 5.56 Å². The number of anilines is 2. The zero-order valence-electron chi connectivity index (χ0n) is 15.6. The van der Waals surface area contributed by atoms with Gasteiger partial charge in [-0.25, -0.2) is 4.98 Å². The van der Waals surface area contributed by atoms with Crippen molar-refractivity contribution in [1.82, 2.24) is 9.97 Å². The number of methoxy groups -OCH3 is 2. The topological polar surface area (TPSA) is 122 Å². The number of amides is 2. The minimum Gasteiger partial charge on any atom is -0.497 e. The number of carbonyl (C=O) groups is 2. The maximum absolute atomic E-state index is 12.9. The van der Waals surface area contributed by atoms with Crippen LogP contribution in [0.3, 0.4) is 0 Å². The summed E-state index contributed by atoms with van der Waals surface area (Å²) in [7, 11) is 2.99. The van der Waals surface area contributed by atoms with Crippen LogP contribution in [-0.2, 0) is 9.59 Å². The van der Waals surface area contributed by atoms with Crippen molar-refractivity contribution >= 4 is 35.1 Å². The molecule has 0 radical (unpaired) electrons. The Kier molecular flexibility index (Phi) is 5.88. The Labute approximate surface area is 165 Å². The minimum atomic E-state index is -0.965. The Morgan fingerprint density at radius 3 is 2.79 bits per heavy atom. The van der Waals surface area contributed by atoms with Gasteiger partial charge in [-0.3, -0.25) is 14.4 Å². The van der Waals surface area contributed by atoms with E-state index in [4.69, 9.17) is 9.47 Å². The molecule has 3 rings (SSSR count). The van der Waals surface area contributed by atoms with E-state index in [1.807, 2.05) is 6.92 Å². The molecule has 148 valence electrons. The van der Waals surface area contributed by atoms with Crippen molar-refractivity contribution in [3.8, 4) is 11.5 Å². The third kappa shape index (κ3) is 3.96. The summed E-state index contributed by atoms with van der Waals surface area (Å²) in [5, 5.41) is 5.70. The summed E-state index contributed by atoms with van der Waals surface area (Å²) in [4.78, 5) is 44.5. The van der Waals surface area contributed by atoms with E-state index < -0.39 is 17.4 Å². The number of rotatable bonds is 6. The maximum atomic E-state index is 12.9. The fourth-order valence-electron chi connectivity index (χ4n) is 2.90. The van der Waals surface area contributed by atoms with Crippen LogP contribution in [0, 0.1) is 0 Å². The number of thioether (sulfide) groups is 1. The molecule has 0 aliphatic carbocycles. The first-order valence-corrected chi connectivity index (χ1v) is 9.55. The van der Waals surface area contributed by atoms with Crippen molar-refractivity contribution in [3.63, 3.8) is 0 Å². The lowest BCUT2D eigenvalue weighted by Gasteiger charge is -2.23. The molecule has 0 spiro atoms. The normalized spacial score (nSPS) is 15.4. The Bertz CT molecular complexity index is 975. The van der Waals surface area contributed by atoms with Crippen molar-refractivity contribution in [2.75, 3.05) is 30.6 Å². The van der Waals surface area contributed by atoms with Gasteiger partial charge in [-0.1, -0.05) is 18.7 Å². The number of aromatic amines is 1. The van der Waals surface area contributed by atoms with Gasteiger partial charge in [-0.2, -0.15) is 0 Å². The lowest BCUT2D eigenvalue weighted by atomic mass is 9.92. The fraction of sp³-hybridized carbons (Fsp3) is 0.333. The highest BCUT2D eigenvalue weighted by Gasteiger charge is 2.35. The summed E-state index contributed by atoms with van der Waals surface area (Å²) in [6.45, 7) is 1.92. The van der Waals surface area contributed by atoms with E-state index in [0.717, 1.165) is 0 Å². The van der Waals surface area contributed by atoms with Gasteiger partial charge in [0, 0.05) is 12.5 Å². The second-order valence-corrected chi connectivity index (χ2v) is 7.18. The number of aromatic nitrogens is 2. The summed E-state index contributed by atoms with van der Waals surface area (Å²) in [5.41, 5.74) is 0.108. The zero-order valence-corrected chi connectivity index (χ0v) is 16.4. The van der Waals surface area contributed by atoms with Crippen LogP contribution in [0.1, 0.15) is 24.8 Å². The molecule has 0 fully saturated rings. The highest BCUT2D eigenvalue weighted by atomic mass is 32.2. The van der Waals surface area contributed by atoms with E-state index in [1.165, 1.54) is 26.0 Å². The summed E-state index contributed by atoms with van der Waals surface area (Å²) < 4.78 is 10.4. The van der Waals surface area contributed by atoms with Crippen LogP contribution in [0.15, 0.2) is 28.2 Å². The highest BCUT2D eigenvalue weighted by Crippen LogP contribution is 2.33. The number of hydrogen-bond donors (Lipinski definition) is 3. The molecule has 1 unspecified atom stereocenters. The fourth-order valence-corrected chi connectivity index (χ4v) is 3.50. The predicted molar refractivity (Wildman–Crippen MR) is 105 cm³/mol. The van der Waals surface area contributed by atoms with E-state index in [0.29, 0.717) is 28.1 Å². The SMILES string of the molecule is CCSc1nc2c(c(=O)[nH]1)C(C(=O)Nc1ccc(OC)cc1OC)CC(=O)N2. The van der Waals surface area contributed by atoms with Crippen LogP contribution in [0.4, 0.5) is 11.5 Å². The van der Waals surface area contributed by atoms with Crippen LogP contribution in [0.25, 0.3) is 0 Å². The molecule has 1 aromatic heterocycles. The molecule has 9 nitrogen and oxygen atoms in total. The molecule has 2 heterocycles. The summed E-state index contributed by atoms with van der Waals surface area (Å²) in [5.74, 6) is -0.0432.